The second-order valence-electron chi connectivity index (χ2n) is 1.90. The minimum absolute atomic E-state index is 0. The van der Waals surface area contributed by atoms with Gasteiger partial charge in [-0.2, -0.15) is 0 Å². The molecule has 0 aromatic heterocycles. The highest BCUT2D eigenvalue weighted by Gasteiger charge is 1.92. The van der Waals surface area contributed by atoms with Gasteiger partial charge in [0.1, 0.15) is 0 Å². The minimum atomic E-state index is 0. The maximum absolute atomic E-state index is 10.6. The van der Waals surface area contributed by atoms with Gasteiger partial charge in [0.05, 0.1) is 6.61 Å². The Morgan fingerprint density at radius 2 is 2.00 bits per heavy atom. The molecule has 0 unspecified atom stereocenters. The molecule has 0 atom stereocenters. The van der Waals surface area contributed by atoms with E-state index in [-0.39, 0.29) is 7.33 Å². The van der Waals surface area contributed by atoms with E-state index in [1.165, 1.54) is 0 Å². The van der Waals surface area contributed by atoms with Crippen molar-refractivity contribution < 1.29 is 11.0 Å². The molecule has 0 saturated carbocycles. The van der Waals surface area contributed by atoms with E-state index in [9.17, 15) is 4.79 Å². The molecule has 76 valence electrons. The Labute approximate surface area is 77.0 Å². The van der Waals surface area contributed by atoms with Crippen molar-refractivity contribution in [1.29, 1.82) is 0 Å². The number of hydrogen-bond acceptors (Lipinski definition) is 2. The standard InChI is InChI=1S/C7H15NO2.C2H6.H2/c1-3-7(9)8-5-6-10-4-2;1-2;/h3-6H2,1-2H3,(H,8,9);1-2H3;1H. The highest BCUT2D eigenvalue weighted by atomic mass is 16.5. The molecule has 0 rings (SSSR count). The lowest BCUT2D eigenvalue weighted by Gasteiger charge is -2.02. The first-order valence-corrected chi connectivity index (χ1v) is 4.65. The fraction of sp³-hybridized carbons (Fsp3) is 0.889. The zero-order chi connectivity index (χ0) is 9.82. The fourth-order valence-corrected chi connectivity index (χ4v) is 0.532. The average Bonchev–Trinajstić information content (AvgIpc) is 2.15. The molecule has 0 spiro atoms. The fourth-order valence-electron chi connectivity index (χ4n) is 0.532. The lowest BCUT2D eigenvalue weighted by Crippen LogP contribution is -2.26. The van der Waals surface area contributed by atoms with Gasteiger partial charge in [0, 0.05) is 21.0 Å². The molecule has 12 heavy (non-hydrogen) atoms. The Kier molecular flexibility index (Phi) is 15.2. The maximum Gasteiger partial charge on any atom is 0.219 e. The molecule has 1 amide bonds. The minimum Gasteiger partial charge on any atom is -0.380 e. The Morgan fingerprint density at radius 3 is 2.42 bits per heavy atom. The Hall–Kier alpha value is -0.570. The zero-order valence-corrected chi connectivity index (χ0v) is 8.64. The van der Waals surface area contributed by atoms with Crippen LogP contribution in [0.4, 0.5) is 0 Å². The Bertz CT molecular complexity index is 99.6. The molecule has 0 radical (unpaired) electrons. The molecule has 3 heteroatoms. The third kappa shape index (κ3) is 12.1. The molecular formula is C9H23NO2. The zero-order valence-electron chi connectivity index (χ0n) is 8.64. The summed E-state index contributed by atoms with van der Waals surface area (Å²) < 4.78 is 5.01. The van der Waals surface area contributed by atoms with Crippen molar-refractivity contribution in [3.05, 3.63) is 0 Å². The second kappa shape index (κ2) is 13.1. The number of carbonyl (C=O) groups excluding carboxylic acids is 1. The van der Waals surface area contributed by atoms with Crippen LogP contribution in [0.5, 0.6) is 0 Å². The molecule has 0 aliphatic heterocycles. The lowest BCUT2D eigenvalue weighted by molar-refractivity contribution is -0.121. The second-order valence-corrected chi connectivity index (χ2v) is 1.90. The van der Waals surface area contributed by atoms with E-state index >= 15 is 0 Å². The normalized spacial score (nSPS) is 8.33. The number of hydrogen-bond donors (Lipinski definition) is 1. The summed E-state index contributed by atoms with van der Waals surface area (Å²) in [6.07, 6.45) is 0.548. The molecule has 0 aromatic carbocycles. The van der Waals surface area contributed by atoms with Crippen LogP contribution in [0.25, 0.3) is 0 Å². The number of amides is 1. The van der Waals surface area contributed by atoms with Crippen LogP contribution in [0.1, 0.15) is 35.5 Å². The van der Waals surface area contributed by atoms with E-state index in [1.807, 2.05) is 27.7 Å². The third-order valence-electron chi connectivity index (χ3n) is 1.09. The smallest absolute Gasteiger partial charge is 0.219 e. The maximum atomic E-state index is 10.6. The van der Waals surface area contributed by atoms with Crippen LogP contribution in [0.15, 0.2) is 0 Å². The van der Waals surface area contributed by atoms with Crippen molar-refractivity contribution in [2.24, 2.45) is 0 Å². The van der Waals surface area contributed by atoms with Gasteiger partial charge in [-0.1, -0.05) is 20.8 Å². The van der Waals surface area contributed by atoms with Crippen molar-refractivity contribution in [3.8, 4) is 0 Å². The van der Waals surface area contributed by atoms with E-state index in [1.54, 1.807) is 0 Å². The molecule has 0 aliphatic carbocycles. The van der Waals surface area contributed by atoms with Gasteiger partial charge in [0.15, 0.2) is 0 Å². The van der Waals surface area contributed by atoms with Gasteiger partial charge in [-0.05, 0) is 6.92 Å². The van der Waals surface area contributed by atoms with Crippen molar-refractivity contribution in [2.45, 2.75) is 34.1 Å². The lowest BCUT2D eigenvalue weighted by atomic mass is 10.4. The quantitative estimate of drug-likeness (QED) is 0.650. The van der Waals surface area contributed by atoms with Crippen LogP contribution >= 0.6 is 0 Å². The Balaban J connectivity index is -0.000000309. The largest absolute Gasteiger partial charge is 0.380 e. The predicted octanol–water partition coefficient (Wildman–Crippen LogP) is 1.82. The number of ether oxygens (including phenoxy) is 1. The van der Waals surface area contributed by atoms with Gasteiger partial charge < -0.3 is 10.1 Å². The monoisotopic (exact) mass is 177 g/mol. The molecule has 0 saturated heterocycles. The molecule has 0 heterocycles. The predicted molar refractivity (Wildman–Crippen MR) is 53.3 cm³/mol. The third-order valence-corrected chi connectivity index (χ3v) is 1.09. The summed E-state index contributed by atoms with van der Waals surface area (Å²) in [7, 11) is 0. The molecule has 0 bridgehead atoms. The molecule has 0 aliphatic rings. The summed E-state index contributed by atoms with van der Waals surface area (Å²) >= 11 is 0. The summed E-state index contributed by atoms with van der Waals surface area (Å²) in [6.45, 7) is 9.71. The number of rotatable bonds is 5. The van der Waals surface area contributed by atoms with Crippen molar-refractivity contribution >= 4 is 5.91 Å². The first-order valence-electron chi connectivity index (χ1n) is 4.65. The van der Waals surface area contributed by atoms with Gasteiger partial charge in [-0.25, -0.2) is 0 Å². The van der Waals surface area contributed by atoms with Gasteiger partial charge >= 0.3 is 0 Å². The highest BCUT2D eigenvalue weighted by Crippen LogP contribution is 1.75. The summed E-state index contributed by atoms with van der Waals surface area (Å²) in [5.41, 5.74) is 0. The van der Waals surface area contributed by atoms with E-state index in [0.29, 0.717) is 26.2 Å². The topological polar surface area (TPSA) is 38.3 Å². The SMILES string of the molecule is CC.CCOCCNC(=O)CC.[HH]. The summed E-state index contributed by atoms with van der Waals surface area (Å²) in [6, 6.07) is 0. The first-order chi connectivity index (χ1) is 5.81. The van der Waals surface area contributed by atoms with Crippen LogP contribution < -0.4 is 5.32 Å². The van der Waals surface area contributed by atoms with E-state index in [2.05, 4.69) is 5.32 Å². The summed E-state index contributed by atoms with van der Waals surface area (Å²) in [4.78, 5) is 10.6. The van der Waals surface area contributed by atoms with E-state index in [0.717, 1.165) is 0 Å². The van der Waals surface area contributed by atoms with Gasteiger partial charge in [0.2, 0.25) is 5.91 Å². The summed E-state index contributed by atoms with van der Waals surface area (Å²) in [5.74, 6) is 0.0831. The van der Waals surface area contributed by atoms with Crippen LogP contribution in [0.2, 0.25) is 0 Å². The van der Waals surface area contributed by atoms with Crippen LogP contribution in [-0.4, -0.2) is 25.7 Å². The van der Waals surface area contributed by atoms with Gasteiger partial charge in [0.25, 0.3) is 0 Å². The summed E-state index contributed by atoms with van der Waals surface area (Å²) in [5, 5.41) is 2.70. The van der Waals surface area contributed by atoms with Crippen LogP contribution in [0.3, 0.4) is 0 Å². The van der Waals surface area contributed by atoms with Crippen LogP contribution in [-0.2, 0) is 9.53 Å². The Morgan fingerprint density at radius 1 is 1.42 bits per heavy atom. The molecule has 0 fully saturated rings. The number of carbonyl (C=O) groups is 1. The first kappa shape index (κ1) is 14.0. The van der Waals surface area contributed by atoms with Gasteiger partial charge in [-0.15, -0.1) is 0 Å². The van der Waals surface area contributed by atoms with E-state index < -0.39 is 0 Å². The van der Waals surface area contributed by atoms with Crippen molar-refractivity contribution in [1.82, 2.24) is 5.32 Å². The average molecular weight is 177 g/mol. The molecule has 3 nitrogen and oxygen atoms in total. The van der Waals surface area contributed by atoms with Crippen molar-refractivity contribution in [2.75, 3.05) is 19.8 Å². The molecule has 0 aromatic rings. The number of nitrogens with one attached hydrogen (secondary N) is 1. The van der Waals surface area contributed by atoms with Gasteiger partial charge in [-0.3, -0.25) is 4.79 Å². The van der Waals surface area contributed by atoms with Crippen LogP contribution in [0, 0.1) is 0 Å². The molecule has 1 N–H and O–H groups in total. The molecular weight excluding hydrogens is 154 g/mol. The van der Waals surface area contributed by atoms with E-state index in [4.69, 9.17) is 4.74 Å². The van der Waals surface area contributed by atoms with Crippen molar-refractivity contribution in [3.63, 3.8) is 0 Å². The highest BCUT2D eigenvalue weighted by molar-refractivity contribution is 5.75.